The average Bonchev–Trinajstić information content (AvgIpc) is 2.87. The number of nitrogens with zero attached hydrogens (tertiary/aromatic N) is 1. The number of halogens is 2. The molecule has 0 heterocycles. The highest BCUT2D eigenvalue weighted by Crippen LogP contribution is 2.20. The molecule has 0 saturated heterocycles. The zero-order valence-electron chi connectivity index (χ0n) is 20.6. The van der Waals surface area contributed by atoms with E-state index in [2.05, 4.69) is 5.32 Å². The molecule has 3 rings (SSSR count). The fourth-order valence-corrected chi connectivity index (χ4v) is 4.82. The Morgan fingerprint density at radius 1 is 0.972 bits per heavy atom. The Labute approximate surface area is 222 Å². The summed E-state index contributed by atoms with van der Waals surface area (Å²) in [4.78, 5) is 28.7. The van der Waals surface area contributed by atoms with Gasteiger partial charge in [-0.1, -0.05) is 73.1 Å². The first-order chi connectivity index (χ1) is 17.4. The molecule has 7 heteroatoms. The van der Waals surface area contributed by atoms with Crippen molar-refractivity contribution in [2.24, 2.45) is 0 Å². The third kappa shape index (κ3) is 8.68. The van der Waals surface area contributed by atoms with Gasteiger partial charge >= 0.3 is 0 Å². The molecule has 0 saturated carbocycles. The number of hydrogen-bond donors (Lipinski definition) is 1. The van der Waals surface area contributed by atoms with E-state index in [1.54, 1.807) is 17.0 Å². The van der Waals surface area contributed by atoms with Crippen LogP contribution >= 0.6 is 23.4 Å². The topological polar surface area (TPSA) is 49.4 Å². The summed E-state index contributed by atoms with van der Waals surface area (Å²) in [5.74, 6) is 0.147. The Balaban J connectivity index is 1.85. The van der Waals surface area contributed by atoms with Crippen LogP contribution in [-0.4, -0.2) is 34.6 Å². The molecule has 0 spiro atoms. The summed E-state index contributed by atoms with van der Waals surface area (Å²) in [6.45, 7) is 4.16. The molecule has 3 aromatic rings. The number of amides is 2. The van der Waals surface area contributed by atoms with Gasteiger partial charge in [-0.15, -0.1) is 11.8 Å². The van der Waals surface area contributed by atoms with Crippen LogP contribution in [0.3, 0.4) is 0 Å². The van der Waals surface area contributed by atoms with Crippen molar-refractivity contribution in [3.05, 3.63) is 106 Å². The molecule has 36 heavy (non-hydrogen) atoms. The fraction of sp³-hybridized carbons (Fsp3) is 0.310. The van der Waals surface area contributed by atoms with Gasteiger partial charge in [0.05, 0.1) is 5.75 Å². The number of rotatable bonds is 12. The van der Waals surface area contributed by atoms with Crippen LogP contribution in [0, 0.1) is 5.82 Å². The van der Waals surface area contributed by atoms with Gasteiger partial charge in [-0.2, -0.15) is 0 Å². The Bertz CT molecular complexity index is 1130. The molecule has 190 valence electrons. The van der Waals surface area contributed by atoms with Crippen LogP contribution in [0.5, 0.6) is 0 Å². The van der Waals surface area contributed by atoms with Gasteiger partial charge in [0.15, 0.2) is 0 Å². The summed E-state index contributed by atoms with van der Waals surface area (Å²) in [5.41, 5.74) is 2.75. The van der Waals surface area contributed by atoms with Crippen LogP contribution in [0.15, 0.2) is 78.9 Å². The summed E-state index contributed by atoms with van der Waals surface area (Å²) in [6.07, 6.45) is 1.17. The normalized spacial score (nSPS) is 12.6. The zero-order chi connectivity index (χ0) is 25.9. The van der Waals surface area contributed by atoms with Crippen molar-refractivity contribution < 1.29 is 14.0 Å². The second kappa shape index (κ2) is 14.0. The van der Waals surface area contributed by atoms with E-state index in [0.29, 0.717) is 17.2 Å². The number of hydrogen-bond acceptors (Lipinski definition) is 3. The van der Waals surface area contributed by atoms with E-state index >= 15 is 0 Å². The lowest BCUT2D eigenvalue weighted by atomic mass is 10.0. The molecule has 0 aromatic heterocycles. The lowest BCUT2D eigenvalue weighted by Crippen LogP contribution is -2.52. The smallest absolute Gasteiger partial charge is 0.243 e. The second-order valence-electron chi connectivity index (χ2n) is 8.79. The molecule has 2 amide bonds. The van der Waals surface area contributed by atoms with E-state index in [1.807, 2.05) is 68.4 Å². The van der Waals surface area contributed by atoms with E-state index < -0.39 is 6.04 Å². The van der Waals surface area contributed by atoms with Crippen molar-refractivity contribution in [3.8, 4) is 0 Å². The standard InChI is InChI=1S/C29H32ClFN2O2S/c1-3-21(2)32-29(35)27(17-22-8-5-4-6-9-22)33(18-23-12-14-26(31)15-13-23)28(34)20-36-19-24-10-7-11-25(30)16-24/h4-16,21,27H,3,17-20H2,1-2H3,(H,32,35)/t21-,27-/m0/s1. The van der Waals surface area contributed by atoms with Crippen LogP contribution in [0.25, 0.3) is 0 Å². The van der Waals surface area contributed by atoms with Crippen molar-refractivity contribution in [1.82, 2.24) is 10.2 Å². The number of benzene rings is 3. The molecule has 2 atom stereocenters. The van der Waals surface area contributed by atoms with E-state index in [4.69, 9.17) is 11.6 Å². The first-order valence-electron chi connectivity index (χ1n) is 12.1. The number of carbonyl (C=O) groups excluding carboxylic acids is 2. The van der Waals surface area contributed by atoms with Crippen molar-refractivity contribution >= 4 is 35.2 Å². The van der Waals surface area contributed by atoms with E-state index in [0.717, 1.165) is 23.1 Å². The molecular formula is C29H32ClFN2O2S. The van der Waals surface area contributed by atoms with Crippen LogP contribution in [0.1, 0.15) is 37.0 Å². The predicted molar refractivity (Wildman–Crippen MR) is 146 cm³/mol. The third-order valence-corrected chi connectivity index (χ3v) is 7.15. The highest BCUT2D eigenvalue weighted by Gasteiger charge is 2.30. The molecule has 3 aromatic carbocycles. The van der Waals surface area contributed by atoms with Crippen molar-refractivity contribution in [2.45, 2.75) is 51.1 Å². The van der Waals surface area contributed by atoms with Crippen molar-refractivity contribution in [3.63, 3.8) is 0 Å². The Morgan fingerprint density at radius 3 is 2.33 bits per heavy atom. The zero-order valence-corrected chi connectivity index (χ0v) is 22.2. The molecule has 0 aliphatic carbocycles. The van der Waals surface area contributed by atoms with Crippen molar-refractivity contribution in [2.75, 3.05) is 5.75 Å². The van der Waals surface area contributed by atoms with Crippen LogP contribution < -0.4 is 5.32 Å². The fourth-order valence-electron chi connectivity index (χ4n) is 3.75. The Morgan fingerprint density at radius 2 is 1.67 bits per heavy atom. The average molecular weight is 527 g/mol. The molecule has 0 aliphatic heterocycles. The van der Waals surface area contributed by atoms with Gasteiger partial charge in [0.2, 0.25) is 11.8 Å². The van der Waals surface area contributed by atoms with Crippen molar-refractivity contribution in [1.29, 1.82) is 0 Å². The number of thioether (sulfide) groups is 1. The minimum Gasteiger partial charge on any atom is -0.352 e. The minimum atomic E-state index is -0.703. The summed E-state index contributed by atoms with van der Waals surface area (Å²) < 4.78 is 13.5. The summed E-state index contributed by atoms with van der Waals surface area (Å²) >= 11 is 7.57. The molecule has 4 nitrogen and oxygen atoms in total. The first-order valence-corrected chi connectivity index (χ1v) is 13.6. The molecule has 0 aliphatic rings. The van der Waals surface area contributed by atoms with Gasteiger partial charge < -0.3 is 10.2 Å². The highest BCUT2D eigenvalue weighted by atomic mass is 35.5. The third-order valence-electron chi connectivity index (χ3n) is 5.92. The molecule has 0 fully saturated rings. The number of nitrogens with one attached hydrogen (secondary N) is 1. The molecule has 1 N–H and O–H groups in total. The monoisotopic (exact) mass is 526 g/mol. The van der Waals surface area contributed by atoms with Crippen LogP contribution in [0.2, 0.25) is 5.02 Å². The largest absolute Gasteiger partial charge is 0.352 e. The quantitative estimate of drug-likeness (QED) is 0.303. The number of carbonyl (C=O) groups is 2. The SMILES string of the molecule is CC[C@H](C)NC(=O)[C@H](Cc1ccccc1)N(Cc1ccc(F)cc1)C(=O)CSCc1cccc(Cl)c1. The lowest BCUT2D eigenvalue weighted by Gasteiger charge is -2.32. The van der Waals surface area contributed by atoms with Gasteiger partial charge in [-0.05, 0) is 54.3 Å². The molecule has 0 radical (unpaired) electrons. The van der Waals surface area contributed by atoms with E-state index in [9.17, 15) is 14.0 Å². The summed E-state index contributed by atoms with van der Waals surface area (Å²) in [6, 6.07) is 22.6. The molecular weight excluding hydrogens is 495 g/mol. The Hall–Kier alpha value is -2.83. The minimum absolute atomic E-state index is 0.0178. The van der Waals surface area contributed by atoms with Gasteiger partial charge in [-0.25, -0.2) is 4.39 Å². The molecule has 0 unspecified atom stereocenters. The maximum absolute atomic E-state index is 13.6. The highest BCUT2D eigenvalue weighted by molar-refractivity contribution is 7.99. The van der Waals surface area contributed by atoms with E-state index in [-0.39, 0.29) is 36.0 Å². The second-order valence-corrected chi connectivity index (χ2v) is 10.2. The van der Waals surface area contributed by atoms with Gasteiger partial charge in [0.25, 0.3) is 0 Å². The maximum Gasteiger partial charge on any atom is 0.243 e. The van der Waals surface area contributed by atoms with Gasteiger partial charge in [0.1, 0.15) is 11.9 Å². The van der Waals surface area contributed by atoms with Gasteiger partial charge in [0, 0.05) is 29.8 Å². The lowest BCUT2D eigenvalue weighted by molar-refractivity contribution is -0.139. The summed E-state index contributed by atoms with van der Waals surface area (Å²) in [5, 5.41) is 3.71. The van der Waals surface area contributed by atoms with Crippen LogP contribution in [-0.2, 0) is 28.3 Å². The maximum atomic E-state index is 13.6. The summed E-state index contributed by atoms with van der Waals surface area (Å²) in [7, 11) is 0. The molecule has 0 bridgehead atoms. The first kappa shape index (κ1) is 27.8. The van der Waals surface area contributed by atoms with Crippen LogP contribution in [0.4, 0.5) is 4.39 Å². The van der Waals surface area contributed by atoms with Gasteiger partial charge in [-0.3, -0.25) is 9.59 Å². The van der Waals surface area contributed by atoms with E-state index in [1.165, 1.54) is 23.9 Å². The predicted octanol–water partition coefficient (Wildman–Crippen LogP) is 6.27. The Kier molecular flexibility index (Phi) is 10.8.